The second-order valence-electron chi connectivity index (χ2n) is 14.8. The van der Waals surface area contributed by atoms with Gasteiger partial charge in [-0.15, -0.1) is 0 Å². The van der Waals surface area contributed by atoms with Gasteiger partial charge in [0.1, 0.15) is 17.9 Å². The lowest BCUT2D eigenvalue weighted by Gasteiger charge is -2.54. The van der Waals surface area contributed by atoms with Crippen LogP contribution in [0.25, 0.3) is 0 Å². The third kappa shape index (κ3) is 7.32. The summed E-state index contributed by atoms with van der Waals surface area (Å²) in [5.41, 5.74) is 6.34. The molecule has 12 nitrogen and oxygen atoms in total. The minimum absolute atomic E-state index is 0.0591. The number of amides is 1. The van der Waals surface area contributed by atoms with Crippen LogP contribution in [0.2, 0.25) is 0 Å². The van der Waals surface area contributed by atoms with Crippen molar-refractivity contribution in [2.24, 2.45) is 17.1 Å². The number of aromatic nitrogens is 2. The first-order chi connectivity index (χ1) is 22.8. The van der Waals surface area contributed by atoms with Gasteiger partial charge in [0, 0.05) is 69.4 Å². The van der Waals surface area contributed by atoms with E-state index < -0.39 is 16.0 Å². The number of halogens is 1. The second kappa shape index (κ2) is 14.1. The molecule has 1 aromatic heterocycles. The summed E-state index contributed by atoms with van der Waals surface area (Å²) in [6, 6.07) is 3.84. The number of likely N-dealkylation sites (tertiary alicyclic amines) is 1. The molecule has 2 aromatic rings. The molecule has 1 amide bonds. The highest BCUT2D eigenvalue weighted by Gasteiger charge is 2.46. The molecule has 0 unspecified atom stereocenters. The molecule has 48 heavy (non-hydrogen) atoms. The summed E-state index contributed by atoms with van der Waals surface area (Å²) < 4.78 is 50.0. The summed E-state index contributed by atoms with van der Waals surface area (Å²) in [6.45, 7) is 14.6. The highest BCUT2D eigenvalue weighted by Crippen LogP contribution is 2.45. The highest BCUT2D eigenvalue weighted by molar-refractivity contribution is 7.86. The molecule has 6 rings (SSSR count). The number of nitrogens with two attached hydrogens (primary N) is 1. The van der Waals surface area contributed by atoms with Crippen LogP contribution in [0.4, 0.5) is 10.2 Å². The van der Waals surface area contributed by atoms with E-state index in [1.807, 2.05) is 27.7 Å². The highest BCUT2D eigenvalue weighted by atomic mass is 32.2. The van der Waals surface area contributed by atoms with Crippen LogP contribution in [0, 0.1) is 17.2 Å². The standard InChI is InChI=1S/C34H51FN8O4S/c1-24(2)43(25(3)4)33(44)29-17-27(35)5-6-30(29)47-31-18-37-23-38-32(31)40-21-34(22-40)10-15-39(16-11-34)19-26-7-12-41(13-8-26)48(45,46)42-14-9-28(36)20-42/h5-6,17-18,23-26,28H,7-16,19-22,36H2,1-4H3/t28-/m1/s1. The lowest BCUT2D eigenvalue weighted by atomic mass is 9.72. The van der Waals surface area contributed by atoms with E-state index in [0.717, 1.165) is 64.8 Å². The van der Waals surface area contributed by atoms with Crippen molar-refractivity contribution in [3.8, 4) is 11.5 Å². The number of anilines is 1. The number of benzene rings is 1. The van der Waals surface area contributed by atoms with Gasteiger partial charge in [0.15, 0.2) is 11.6 Å². The van der Waals surface area contributed by atoms with Gasteiger partial charge in [-0.05, 0) is 97.0 Å². The smallest absolute Gasteiger partial charge is 0.282 e. The van der Waals surface area contributed by atoms with Gasteiger partial charge in [-0.2, -0.15) is 17.0 Å². The number of carbonyl (C=O) groups excluding carboxylic acids is 1. The number of ether oxygens (including phenoxy) is 1. The van der Waals surface area contributed by atoms with Crippen molar-refractivity contribution >= 4 is 21.9 Å². The van der Waals surface area contributed by atoms with Crippen LogP contribution < -0.4 is 15.4 Å². The van der Waals surface area contributed by atoms with E-state index in [0.29, 0.717) is 43.7 Å². The first-order valence-corrected chi connectivity index (χ1v) is 18.8. The summed E-state index contributed by atoms with van der Waals surface area (Å²) in [5, 5.41) is 0. The maximum absolute atomic E-state index is 14.4. The Morgan fingerprint density at radius 1 is 1.02 bits per heavy atom. The molecule has 0 aliphatic carbocycles. The van der Waals surface area contributed by atoms with Gasteiger partial charge in [0.05, 0.1) is 11.8 Å². The zero-order valence-electron chi connectivity index (χ0n) is 28.7. The first kappa shape index (κ1) is 34.9. The van der Waals surface area contributed by atoms with E-state index in [9.17, 15) is 17.6 Å². The monoisotopic (exact) mass is 686 g/mol. The molecule has 4 saturated heterocycles. The number of rotatable bonds is 10. The SMILES string of the molecule is CC(C)N(C(=O)c1cc(F)ccc1Oc1cncnc1N1CC2(CCN(CC3CCN(S(=O)(=O)N4CC[C@@H](N)C4)CC3)CC2)C1)C(C)C. The van der Waals surface area contributed by atoms with Gasteiger partial charge in [-0.1, -0.05) is 0 Å². The summed E-state index contributed by atoms with van der Waals surface area (Å²) in [7, 11) is -3.41. The summed E-state index contributed by atoms with van der Waals surface area (Å²) >= 11 is 0. The Bertz CT molecular complexity index is 1540. The van der Waals surface area contributed by atoms with Gasteiger partial charge in [0.25, 0.3) is 16.1 Å². The fourth-order valence-electron chi connectivity index (χ4n) is 7.95. The van der Waals surface area contributed by atoms with E-state index in [1.165, 1.54) is 24.5 Å². The van der Waals surface area contributed by atoms with Gasteiger partial charge < -0.3 is 25.2 Å². The van der Waals surface area contributed by atoms with E-state index in [4.69, 9.17) is 10.5 Å². The molecule has 264 valence electrons. The summed E-state index contributed by atoms with van der Waals surface area (Å²) in [6.07, 6.45) is 7.79. The zero-order chi connectivity index (χ0) is 34.2. The number of carbonyl (C=O) groups is 1. The van der Waals surface area contributed by atoms with Crippen LogP contribution in [0.1, 0.15) is 70.2 Å². The fourth-order valence-corrected chi connectivity index (χ4v) is 9.67. The van der Waals surface area contributed by atoms with Gasteiger partial charge in [0.2, 0.25) is 0 Å². The van der Waals surface area contributed by atoms with Gasteiger partial charge in [-0.25, -0.2) is 14.4 Å². The molecule has 4 fully saturated rings. The molecule has 14 heteroatoms. The van der Waals surface area contributed by atoms with Crippen LogP contribution in [0.15, 0.2) is 30.7 Å². The quantitative estimate of drug-likeness (QED) is 0.399. The second-order valence-corrected chi connectivity index (χ2v) is 16.7. The lowest BCUT2D eigenvalue weighted by molar-refractivity contribution is 0.0608. The minimum Gasteiger partial charge on any atom is -0.451 e. The van der Waals surface area contributed by atoms with Crippen molar-refractivity contribution < 1.29 is 22.3 Å². The largest absolute Gasteiger partial charge is 0.451 e. The van der Waals surface area contributed by atoms with E-state index in [1.54, 1.807) is 19.7 Å². The average molecular weight is 687 g/mol. The Morgan fingerprint density at radius 2 is 1.69 bits per heavy atom. The molecule has 5 heterocycles. The zero-order valence-corrected chi connectivity index (χ0v) is 29.5. The number of hydrogen-bond donors (Lipinski definition) is 1. The Balaban J connectivity index is 1.02. The Morgan fingerprint density at radius 3 is 2.31 bits per heavy atom. The average Bonchev–Trinajstić information content (AvgIpc) is 3.49. The third-order valence-corrected chi connectivity index (χ3v) is 12.6. The Kier molecular flexibility index (Phi) is 10.3. The molecule has 4 aliphatic rings. The normalized spacial score (nSPS) is 22.8. The van der Waals surface area contributed by atoms with Crippen LogP contribution in [-0.2, 0) is 10.2 Å². The maximum atomic E-state index is 14.4. The molecule has 1 atom stereocenters. The molecular weight excluding hydrogens is 635 g/mol. The van der Waals surface area contributed by atoms with Crippen molar-refractivity contribution in [2.45, 2.75) is 77.9 Å². The van der Waals surface area contributed by atoms with Crippen LogP contribution in [0.5, 0.6) is 11.5 Å². The predicted octanol–water partition coefficient (Wildman–Crippen LogP) is 3.56. The minimum atomic E-state index is -3.41. The van der Waals surface area contributed by atoms with Crippen molar-refractivity contribution in [3.63, 3.8) is 0 Å². The molecule has 0 bridgehead atoms. The molecule has 1 spiro atoms. The summed E-state index contributed by atoms with van der Waals surface area (Å²) in [5.74, 6) is 1.10. The van der Waals surface area contributed by atoms with E-state index >= 15 is 0 Å². The molecular formula is C34H51FN8O4S. The lowest BCUT2D eigenvalue weighted by Crippen LogP contribution is -2.61. The van der Waals surface area contributed by atoms with Crippen LogP contribution in [-0.4, -0.2) is 120 Å². The van der Waals surface area contributed by atoms with E-state index in [-0.39, 0.29) is 40.8 Å². The first-order valence-electron chi connectivity index (χ1n) is 17.4. The van der Waals surface area contributed by atoms with Gasteiger partial charge >= 0.3 is 0 Å². The number of piperidine rings is 2. The van der Waals surface area contributed by atoms with Crippen molar-refractivity contribution in [1.29, 1.82) is 0 Å². The summed E-state index contributed by atoms with van der Waals surface area (Å²) in [4.78, 5) is 28.8. The Hall–Kier alpha value is -2.91. The Labute approximate surface area is 284 Å². The molecule has 2 N–H and O–H groups in total. The van der Waals surface area contributed by atoms with Crippen molar-refractivity contribution in [1.82, 2.24) is 28.4 Å². The maximum Gasteiger partial charge on any atom is 0.282 e. The molecule has 0 radical (unpaired) electrons. The van der Waals surface area contributed by atoms with Crippen LogP contribution >= 0.6 is 0 Å². The van der Waals surface area contributed by atoms with E-state index in [2.05, 4.69) is 19.8 Å². The van der Waals surface area contributed by atoms with Gasteiger partial charge in [-0.3, -0.25) is 4.79 Å². The molecule has 1 aromatic carbocycles. The fraction of sp³-hybridized carbons (Fsp3) is 0.676. The molecule has 4 aliphatic heterocycles. The van der Waals surface area contributed by atoms with Crippen molar-refractivity contribution in [2.75, 3.05) is 63.8 Å². The predicted molar refractivity (Wildman–Crippen MR) is 183 cm³/mol. The number of nitrogens with zero attached hydrogens (tertiary/aromatic N) is 7. The molecule has 0 saturated carbocycles. The number of hydrogen-bond acceptors (Lipinski definition) is 9. The topological polar surface area (TPSA) is 128 Å². The third-order valence-electron chi connectivity index (χ3n) is 10.6. The van der Waals surface area contributed by atoms with Crippen LogP contribution in [0.3, 0.4) is 0 Å². The van der Waals surface area contributed by atoms with Crippen molar-refractivity contribution in [3.05, 3.63) is 42.1 Å².